The number of morpholine rings is 1. The summed E-state index contributed by atoms with van der Waals surface area (Å²) in [7, 11) is 2.16. The van der Waals surface area contributed by atoms with Gasteiger partial charge in [0.2, 0.25) is 0 Å². The summed E-state index contributed by atoms with van der Waals surface area (Å²) in [5.74, 6) is 1.54. The van der Waals surface area contributed by atoms with Crippen LogP contribution in [0.2, 0.25) is 0 Å². The standard InChI is InChI=1S/C22H33F3N4O/c1-3-26-21(27-10-7-17-8-11-28(2)12-9-17)29-13-14-30-20(16-29)18-5-4-6-19(15-18)22(23,24)25/h4-6,15,17,20H,3,7-14,16H2,1-2H3,(H,26,27). The molecule has 30 heavy (non-hydrogen) atoms. The van der Waals surface area contributed by atoms with Crippen molar-refractivity contribution in [2.45, 2.75) is 38.5 Å². The van der Waals surface area contributed by atoms with E-state index in [0.29, 0.717) is 25.3 Å². The Morgan fingerprint density at radius 3 is 2.70 bits per heavy atom. The number of ether oxygens (including phenoxy) is 1. The molecule has 0 aromatic heterocycles. The number of nitrogens with zero attached hydrogens (tertiary/aromatic N) is 3. The van der Waals surface area contributed by atoms with E-state index in [0.717, 1.165) is 50.5 Å². The van der Waals surface area contributed by atoms with Gasteiger partial charge in [-0.15, -0.1) is 0 Å². The molecule has 0 bridgehead atoms. The van der Waals surface area contributed by atoms with Crippen LogP contribution in [0, 0.1) is 5.92 Å². The zero-order valence-electron chi connectivity index (χ0n) is 17.9. The molecule has 0 radical (unpaired) electrons. The minimum Gasteiger partial charge on any atom is -0.370 e. The van der Waals surface area contributed by atoms with Crippen molar-refractivity contribution in [3.05, 3.63) is 35.4 Å². The summed E-state index contributed by atoms with van der Waals surface area (Å²) in [5, 5.41) is 3.34. The fourth-order valence-electron chi connectivity index (χ4n) is 4.09. The second-order valence-electron chi connectivity index (χ2n) is 8.20. The van der Waals surface area contributed by atoms with Crippen molar-refractivity contribution >= 4 is 5.96 Å². The van der Waals surface area contributed by atoms with E-state index in [-0.39, 0.29) is 0 Å². The van der Waals surface area contributed by atoms with Gasteiger partial charge in [0.05, 0.1) is 18.7 Å². The first-order valence-electron chi connectivity index (χ1n) is 10.9. The summed E-state index contributed by atoms with van der Waals surface area (Å²) in [6, 6.07) is 5.44. The lowest BCUT2D eigenvalue weighted by molar-refractivity contribution is -0.137. The average Bonchev–Trinajstić information content (AvgIpc) is 2.74. The van der Waals surface area contributed by atoms with E-state index in [1.54, 1.807) is 6.07 Å². The number of halogens is 3. The first kappa shape index (κ1) is 22.9. The molecule has 2 fully saturated rings. The van der Waals surface area contributed by atoms with Gasteiger partial charge in [-0.05, 0) is 69.9 Å². The topological polar surface area (TPSA) is 40.1 Å². The number of benzene rings is 1. The molecule has 0 saturated carbocycles. The summed E-state index contributed by atoms with van der Waals surface area (Å²) < 4.78 is 45.0. The monoisotopic (exact) mass is 426 g/mol. The number of rotatable bonds is 5. The van der Waals surface area contributed by atoms with E-state index in [1.807, 2.05) is 6.92 Å². The van der Waals surface area contributed by atoms with Crippen LogP contribution >= 0.6 is 0 Å². The number of piperidine rings is 1. The third-order valence-electron chi connectivity index (χ3n) is 5.92. The van der Waals surface area contributed by atoms with Gasteiger partial charge in [-0.3, -0.25) is 4.99 Å². The van der Waals surface area contributed by atoms with Crippen molar-refractivity contribution in [2.24, 2.45) is 10.9 Å². The van der Waals surface area contributed by atoms with E-state index in [1.165, 1.54) is 25.0 Å². The first-order valence-corrected chi connectivity index (χ1v) is 10.9. The van der Waals surface area contributed by atoms with E-state index < -0.39 is 17.8 Å². The van der Waals surface area contributed by atoms with E-state index in [2.05, 4.69) is 22.2 Å². The number of likely N-dealkylation sites (tertiary alicyclic amines) is 1. The quantitative estimate of drug-likeness (QED) is 0.575. The van der Waals surface area contributed by atoms with Crippen LogP contribution < -0.4 is 5.32 Å². The van der Waals surface area contributed by atoms with Crippen LogP contribution in [0.3, 0.4) is 0 Å². The molecule has 2 heterocycles. The van der Waals surface area contributed by atoms with Gasteiger partial charge in [0, 0.05) is 19.6 Å². The molecule has 2 aliphatic heterocycles. The maximum absolute atomic E-state index is 13.1. The Labute approximate surface area is 177 Å². The minimum atomic E-state index is -4.35. The lowest BCUT2D eigenvalue weighted by Crippen LogP contribution is -2.48. The van der Waals surface area contributed by atoms with Gasteiger partial charge in [-0.25, -0.2) is 0 Å². The first-order chi connectivity index (χ1) is 14.4. The zero-order valence-corrected chi connectivity index (χ0v) is 17.9. The van der Waals surface area contributed by atoms with Crippen LogP contribution in [0.5, 0.6) is 0 Å². The Morgan fingerprint density at radius 1 is 1.23 bits per heavy atom. The second kappa shape index (κ2) is 10.5. The van der Waals surface area contributed by atoms with Crippen LogP contribution in [0.4, 0.5) is 13.2 Å². The Bertz CT molecular complexity index is 702. The largest absolute Gasteiger partial charge is 0.416 e. The molecule has 1 atom stereocenters. The average molecular weight is 427 g/mol. The summed E-state index contributed by atoms with van der Waals surface area (Å²) in [4.78, 5) is 9.29. The fraction of sp³-hybridized carbons (Fsp3) is 0.682. The highest BCUT2D eigenvalue weighted by molar-refractivity contribution is 5.80. The van der Waals surface area contributed by atoms with E-state index in [4.69, 9.17) is 9.73 Å². The molecule has 1 aromatic carbocycles. The van der Waals surface area contributed by atoms with E-state index >= 15 is 0 Å². The summed E-state index contributed by atoms with van der Waals surface area (Å²) in [6.45, 7) is 7.46. The highest BCUT2D eigenvalue weighted by Crippen LogP contribution is 2.32. The van der Waals surface area contributed by atoms with Crippen molar-refractivity contribution in [1.82, 2.24) is 15.1 Å². The van der Waals surface area contributed by atoms with Crippen molar-refractivity contribution in [3.8, 4) is 0 Å². The molecule has 168 valence electrons. The molecular weight excluding hydrogens is 393 g/mol. The second-order valence-corrected chi connectivity index (χ2v) is 8.20. The Kier molecular flexibility index (Phi) is 7.99. The van der Waals surface area contributed by atoms with Gasteiger partial charge in [0.1, 0.15) is 6.10 Å². The molecule has 1 N–H and O–H groups in total. The summed E-state index contributed by atoms with van der Waals surface area (Å²) in [5.41, 5.74) is -0.0869. The molecule has 0 aliphatic carbocycles. The van der Waals surface area contributed by atoms with Gasteiger partial charge in [0.15, 0.2) is 5.96 Å². The lowest BCUT2D eigenvalue weighted by Gasteiger charge is -2.35. The Balaban J connectivity index is 1.62. The number of guanidine groups is 1. The Morgan fingerprint density at radius 2 is 2.00 bits per heavy atom. The highest BCUT2D eigenvalue weighted by Gasteiger charge is 2.32. The van der Waals surface area contributed by atoms with Crippen molar-refractivity contribution < 1.29 is 17.9 Å². The van der Waals surface area contributed by atoms with Crippen LogP contribution in [-0.2, 0) is 10.9 Å². The fourth-order valence-corrected chi connectivity index (χ4v) is 4.09. The number of hydrogen-bond acceptors (Lipinski definition) is 3. The van der Waals surface area contributed by atoms with Gasteiger partial charge in [-0.2, -0.15) is 13.2 Å². The van der Waals surface area contributed by atoms with Gasteiger partial charge >= 0.3 is 6.18 Å². The smallest absolute Gasteiger partial charge is 0.370 e. The lowest BCUT2D eigenvalue weighted by atomic mass is 9.94. The number of aliphatic imine (C=N–C) groups is 1. The van der Waals surface area contributed by atoms with Crippen molar-refractivity contribution in [1.29, 1.82) is 0 Å². The molecular formula is C22H33F3N4O. The molecule has 1 aromatic rings. The zero-order chi connectivity index (χ0) is 21.6. The molecule has 1 unspecified atom stereocenters. The van der Waals surface area contributed by atoms with Crippen LogP contribution in [-0.4, -0.2) is 68.7 Å². The maximum Gasteiger partial charge on any atom is 0.416 e. The number of hydrogen-bond donors (Lipinski definition) is 1. The molecule has 2 aliphatic rings. The summed E-state index contributed by atoms with van der Waals surface area (Å²) in [6.07, 6.45) is -1.24. The minimum absolute atomic E-state index is 0.404. The number of nitrogens with one attached hydrogen (secondary N) is 1. The molecule has 0 amide bonds. The van der Waals surface area contributed by atoms with Gasteiger partial charge in [-0.1, -0.05) is 12.1 Å². The number of alkyl halides is 3. The third kappa shape index (κ3) is 6.35. The predicted molar refractivity (Wildman–Crippen MR) is 113 cm³/mol. The molecule has 0 spiro atoms. The maximum atomic E-state index is 13.1. The van der Waals surface area contributed by atoms with Crippen molar-refractivity contribution in [2.75, 3.05) is 52.9 Å². The highest BCUT2D eigenvalue weighted by atomic mass is 19.4. The molecule has 5 nitrogen and oxygen atoms in total. The Hall–Kier alpha value is -1.80. The van der Waals surface area contributed by atoms with E-state index in [9.17, 15) is 13.2 Å². The molecule has 8 heteroatoms. The van der Waals surface area contributed by atoms with Gasteiger partial charge in [0.25, 0.3) is 0 Å². The van der Waals surface area contributed by atoms with Crippen LogP contribution in [0.25, 0.3) is 0 Å². The third-order valence-corrected chi connectivity index (χ3v) is 5.92. The van der Waals surface area contributed by atoms with Gasteiger partial charge < -0.3 is 19.9 Å². The SMILES string of the molecule is CCNC(=NCCC1CCN(C)CC1)N1CCOC(c2cccc(C(F)(F)F)c2)C1. The van der Waals surface area contributed by atoms with Crippen LogP contribution in [0.15, 0.2) is 29.3 Å². The molecule has 2 saturated heterocycles. The van der Waals surface area contributed by atoms with Crippen molar-refractivity contribution in [3.63, 3.8) is 0 Å². The normalized spacial score (nSPS) is 22.4. The van der Waals surface area contributed by atoms with Crippen LogP contribution in [0.1, 0.15) is 43.4 Å². The predicted octanol–water partition coefficient (Wildman–Crippen LogP) is 3.78. The molecule has 3 rings (SSSR count). The summed E-state index contributed by atoms with van der Waals surface area (Å²) >= 11 is 0.